The van der Waals surface area contributed by atoms with E-state index in [4.69, 9.17) is 0 Å². The number of aryl methyl sites for hydroxylation is 2. The first-order chi connectivity index (χ1) is 12.2. The number of carbonyl (C=O) groups is 2. The number of nitrogens with zero attached hydrogens (tertiary/aromatic N) is 2. The van der Waals surface area contributed by atoms with Gasteiger partial charge in [-0.15, -0.1) is 0 Å². The van der Waals surface area contributed by atoms with E-state index in [1.165, 1.54) is 22.3 Å². The van der Waals surface area contributed by atoms with Crippen LogP contribution in [-0.4, -0.2) is 54.0 Å². The van der Waals surface area contributed by atoms with E-state index in [1.807, 2.05) is 23.6 Å². The molecule has 1 heterocycles. The van der Waals surface area contributed by atoms with Gasteiger partial charge in [-0.1, -0.05) is 6.07 Å². The largest absolute Gasteiger partial charge is 0.341 e. The third-order valence-electron chi connectivity index (χ3n) is 5.40. The van der Waals surface area contributed by atoms with Crippen LogP contribution in [0.5, 0.6) is 0 Å². The molecule has 0 saturated carbocycles. The number of amides is 3. The molecule has 26 heavy (non-hydrogen) atoms. The molecule has 5 heteroatoms. The van der Waals surface area contributed by atoms with Gasteiger partial charge >= 0.3 is 6.03 Å². The fourth-order valence-corrected chi connectivity index (χ4v) is 3.53. The second-order valence-electron chi connectivity index (χ2n) is 7.74. The molecule has 0 bridgehead atoms. The van der Waals surface area contributed by atoms with Crippen molar-refractivity contribution in [1.82, 2.24) is 15.1 Å². The van der Waals surface area contributed by atoms with E-state index < -0.39 is 0 Å². The summed E-state index contributed by atoms with van der Waals surface area (Å²) in [6, 6.07) is 2.28. The highest BCUT2D eigenvalue weighted by atomic mass is 16.2. The highest BCUT2D eigenvalue weighted by Gasteiger charge is 2.23. The second kappa shape index (κ2) is 8.56. The van der Waals surface area contributed by atoms with E-state index in [0.717, 1.165) is 12.0 Å². The molecule has 1 aliphatic heterocycles. The summed E-state index contributed by atoms with van der Waals surface area (Å²) in [6.45, 7) is 14.9. The van der Waals surface area contributed by atoms with Crippen LogP contribution in [0.1, 0.15) is 48.1 Å². The highest BCUT2D eigenvalue weighted by Crippen LogP contribution is 2.23. The number of urea groups is 1. The van der Waals surface area contributed by atoms with E-state index in [2.05, 4.69) is 39.1 Å². The molecule has 0 radical (unpaired) electrons. The molecule has 1 N–H and O–H groups in total. The molecule has 0 spiro atoms. The first-order valence-electron chi connectivity index (χ1n) is 9.60. The molecular formula is C21H33N3O2. The predicted molar refractivity (Wildman–Crippen MR) is 106 cm³/mol. The van der Waals surface area contributed by atoms with E-state index in [9.17, 15) is 9.59 Å². The number of benzene rings is 1. The smallest absolute Gasteiger partial charge is 0.317 e. The normalized spacial score (nSPS) is 15.2. The Balaban J connectivity index is 2.04. The zero-order valence-corrected chi connectivity index (χ0v) is 17.1. The molecule has 3 amide bonds. The summed E-state index contributed by atoms with van der Waals surface area (Å²) in [7, 11) is 0. The highest BCUT2D eigenvalue weighted by molar-refractivity contribution is 5.80. The van der Waals surface area contributed by atoms with Gasteiger partial charge in [-0.3, -0.25) is 4.79 Å². The van der Waals surface area contributed by atoms with Crippen LogP contribution in [0.3, 0.4) is 0 Å². The van der Waals surface area contributed by atoms with Crippen LogP contribution in [0.25, 0.3) is 0 Å². The minimum atomic E-state index is -0.0321. The van der Waals surface area contributed by atoms with Crippen molar-refractivity contribution in [2.75, 3.05) is 26.2 Å². The Morgan fingerprint density at radius 1 is 0.962 bits per heavy atom. The lowest BCUT2D eigenvalue weighted by Crippen LogP contribution is -2.45. The molecule has 1 aliphatic rings. The van der Waals surface area contributed by atoms with Gasteiger partial charge < -0.3 is 15.1 Å². The SMILES string of the molecule is Cc1cc(C)c(C)c(CC(=O)N2CCCN(C(=O)NC(C)C)CC2)c1C. The molecule has 1 aromatic carbocycles. The van der Waals surface area contributed by atoms with Gasteiger partial charge in [0.1, 0.15) is 0 Å². The Kier molecular flexibility index (Phi) is 6.68. The Labute approximate surface area is 157 Å². The quantitative estimate of drug-likeness (QED) is 0.901. The Hall–Kier alpha value is -2.04. The van der Waals surface area contributed by atoms with Crippen molar-refractivity contribution < 1.29 is 9.59 Å². The maximum atomic E-state index is 12.9. The molecule has 0 aliphatic carbocycles. The lowest BCUT2D eigenvalue weighted by atomic mass is 9.92. The van der Waals surface area contributed by atoms with E-state index >= 15 is 0 Å². The van der Waals surface area contributed by atoms with Gasteiger partial charge in [0.15, 0.2) is 0 Å². The lowest BCUT2D eigenvalue weighted by molar-refractivity contribution is -0.130. The number of hydrogen-bond donors (Lipinski definition) is 1. The number of hydrogen-bond acceptors (Lipinski definition) is 2. The van der Waals surface area contributed by atoms with Crippen LogP contribution < -0.4 is 5.32 Å². The fourth-order valence-electron chi connectivity index (χ4n) is 3.53. The van der Waals surface area contributed by atoms with Gasteiger partial charge in [-0.25, -0.2) is 4.79 Å². The van der Waals surface area contributed by atoms with Crippen molar-refractivity contribution in [1.29, 1.82) is 0 Å². The second-order valence-corrected chi connectivity index (χ2v) is 7.74. The van der Waals surface area contributed by atoms with Gasteiger partial charge in [0, 0.05) is 32.2 Å². The lowest BCUT2D eigenvalue weighted by Gasteiger charge is -2.24. The first kappa shape index (κ1) is 20.3. The summed E-state index contributed by atoms with van der Waals surface area (Å²) in [4.78, 5) is 28.8. The molecule has 0 atom stereocenters. The van der Waals surface area contributed by atoms with Crippen molar-refractivity contribution in [3.05, 3.63) is 33.9 Å². The summed E-state index contributed by atoms with van der Waals surface area (Å²) in [5.74, 6) is 0.160. The molecular weight excluding hydrogens is 326 g/mol. The molecule has 1 aromatic rings. The van der Waals surface area contributed by atoms with Crippen molar-refractivity contribution in [2.24, 2.45) is 0 Å². The number of rotatable bonds is 3. The third kappa shape index (κ3) is 4.77. The summed E-state index contributed by atoms with van der Waals surface area (Å²) in [5.41, 5.74) is 6.07. The maximum Gasteiger partial charge on any atom is 0.317 e. The van der Waals surface area contributed by atoms with Crippen molar-refractivity contribution in [3.8, 4) is 0 Å². The van der Waals surface area contributed by atoms with Crippen LogP contribution in [0.2, 0.25) is 0 Å². The first-order valence-corrected chi connectivity index (χ1v) is 9.60. The van der Waals surface area contributed by atoms with Crippen LogP contribution >= 0.6 is 0 Å². The minimum Gasteiger partial charge on any atom is -0.341 e. The minimum absolute atomic E-state index is 0.0321. The molecule has 0 unspecified atom stereocenters. The van der Waals surface area contributed by atoms with Gasteiger partial charge in [-0.05, 0) is 75.8 Å². The number of carbonyl (C=O) groups excluding carboxylic acids is 2. The molecule has 5 nitrogen and oxygen atoms in total. The van der Waals surface area contributed by atoms with Gasteiger partial charge in [0.05, 0.1) is 6.42 Å². The van der Waals surface area contributed by atoms with Crippen molar-refractivity contribution in [2.45, 2.75) is 60.4 Å². The summed E-state index contributed by atoms with van der Waals surface area (Å²) >= 11 is 0. The molecule has 144 valence electrons. The van der Waals surface area contributed by atoms with Gasteiger partial charge in [0.25, 0.3) is 0 Å². The third-order valence-corrected chi connectivity index (χ3v) is 5.40. The molecule has 1 fully saturated rings. The van der Waals surface area contributed by atoms with Gasteiger partial charge in [-0.2, -0.15) is 0 Å². The zero-order valence-electron chi connectivity index (χ0n) is 17.1. The summed E-state index contributed by atoms with van der Waals surface area (Å²) in [5, 5.41) is 2.94. The van der Waals surface area contributed by atoms with Crippen LogP contribution in [0, 0.1) is 27.7 Å². The van der Waals surface area contributed by atoms with Gasteiger partial charge in [0.2, 0.25) is 5.91 Å². The van der Waals surface area contributed by atoms with E-state index in [-0.39, 0.29) is 18.0 Å². The summed E-state index contributed by atoms with van der Waals surface area (Å²) < 4.78 is 0. The predicted octanol–water partition coefficient (Wildman–Crippen LogP) is 3.12. The van der Waals surface area contributed by atoms with E-state index in [1.54, 1.807) is 0 Å². The number of nitrogens with one attached hydrogen (secondary N) is 1. The summed E-state index contributed by atoms with van der Waals surface area (Å²) in [6.07, 6.45) is 1.26. The Morgan fingerprint density at radius 3 is 2.08 bits per heavy atom. The molecule has 1 saturated heterocycles. The topological polar surface area (TPSA) is 52.7 Å². The van der Waals surface area contributed by atoms with Crippen LogP contribution in [0.15, 0.2) is 6.07 Å². The molecule has 0 aromatic heterocycles. The van der Waals surface area contributed by atoms with Crippen LogP contribution in [-0.2, 0) is 11.2 Å². The fraction of sp³-hybridized carbons (Fsp3) is 0.619. The van der Waals surface area contributed by atoms with Crippen LogP contribution in [0.4, 0.5) is 4.79 Å². The average Bonchev–Trinajstić information content (AvgIpc) is 2.82. The Morgan fingerprint density at radius 2 is 1.50 bits per heavy atom. The maximum absolute atomic E-state index is 12.9. The Bertz CT molecular complexity index is 656. The monoisotopic (exact) mass is 359 g/mol. The van der Waals surface area contributed by atoms with Crippen molar-refractivity contribution >= 4 is 11.9 Å². The van der Waals surface area contributed by atoms with E-state index in [0.29, 0.717) is 32.6 Å². The zero-order chi connectivity index (χ0) is 19.4. The standard InChI is InChI=1S/C21H33N3O2/c1-14(2)22-21(26)24-9-7-8-23(10-11-24)20(25)13-19-17(5)15(3)12-16(4)18(19)6/h12,14H,7-11,13H2,1-6H3,(H,22,26). The molecule has 2 rings (SSSR count). The van der Waals surface area contributed by atoms with Crippen molar-refractivity contribution in [3.63, 3.8) is 0 Å². The average molecular weight is 360 g/mol.